The molecule has 25 heavy (non-hydrogen) atoms. The molecule has 2 N–H and O–H groups in total. The molecule has 2 aromatic rings. The van der Waals surface area contributed by atoms with Gasteiger partial charge in [0.25, 0.3) is 11.6 Å². The maximum atomic E-state index is 12.7. The number of piperidine rings is 1. The number of hydrogen-bond acceptors (Lipinski definition) is 6. The number of nitrogens with zero attached hydrogens (tertiary/aromatic N) is 3. The van der Waals surface area contributed by atoms with Gasteiger partial charge in [-0.15, -0.1) is 11.3 Å². The molecule has 0 aliphatic carbocycles. The molecular weight excluding hydrogens is 340 g/mol. The number of nitro benzene ring substituents is 1. The van der Waals surface area contributed by atoms with Crippen LogP contribution in [0.15, 0.2) is 29.6 Å². The lowest BCUT2D eigenvalue weighted by Gasteiger charge is -2.34. The second-order valence-electron chi connectivity index (χ2n) is 6.36. The molecule has 1 amide bonds. The molecule has 0 saturated carbocycles. The first kappa shape index (κ1) is 17.5. The van der Waals surface area contributed by atoms with E-state index in [-0.39, 0.29) is 17.6 Å². The number of nitro groups is 1. The summed E-state index contributed by atoms with van der Waals surface area (Å²) in [4.78, 5) is 29.4. The number of carbonyl (C=O) groups excluding carboxylic acids is 1. The summed E-state index contributed by atoms with van der Waals surface area (Å²) in [7, 11) is 0. The second kappa shape index (κ2) is 7.28. The Balaban J connectivity index is 1.78. The molecule has 1 aromatic carbocycles. The van der Waals surface area contributed by atoms with Gasteiger partial charge < -0.3 is 10.6 Å². The van der Waals surface area contributed by atoms with Gasteiger partial charge >= 0.3 is 0 Å². The molecule has 2 atom stereocenters. The molecule has 0 spiro atoms. The van der Waals surface area contributed by atoms with E-state index in [0.717, 1.165) is 12.8 Å². The Morgan fingerprint density at radius 2 is 2.32 bits per heavy atom. The average molecular weight is 360 g/mol. The number of nitrogens with two attached hydrogens (primary N) is 1. The van der Waals surface area contributed by atoms with Gasteiger partial charge in [0.1, 0.15) is 10.7 Å². The number of benzene rings is 1. The fourth-order valence-electron chi connectivity index (χ4n) is 3.04. The van der Waals surface area contributed by atoms with E-state index in [1.807, 2.05) is 11.8 Å². The maximum Gasteiger partial charge on any atom is 0.273 e. The van der Waals surface area contributed by atoms with Crippen LogP contribution in [0.4, 0.5) is 5.69 Å². The Bertz CT molecular complexity index is 790. The average Bonchev–Trinajstić information content (AvgIpc) is 3.11. The van der Waals surface area contributed by atoms with E-state index in [1.165, 1.54) is 23.5 Å². The molecule has 1 saturated heterocycles. The van der Waals surface area contributed by atoms with E-state index >= 15 is 0 Å². The van der Waals surface area contributed by atoms with Gasteiger partial charge in [0, 0.05) is 42.2 Å². The smallest absolute Gasteiger partial charge is 0.273 e. The quantitative estimate of drug-likeness (QED) is 0.667. The summed E-state index contributed by atoms with van der Waals surface area (Å²) in [6.07, 6.45) is 1.98. The third kappa shape index (κ3) is 3.85. The van der Waals surface area contributed by atoms with Crippen molar-refractivity contribution in [2.45, 2.75) is 25.8 Å². The Labute approximate surface area is 149 Å². The van der Waals surface area contributed by atoms with Crippen molar-refractivity contribution in [3.8, 4) is 10.6 Å². The number of carbonyl (C=O) groups is 1. The molecule has 7 nitrogen and oxygen atoms in total. The molecule has 0 bridgehead atoms. The van der Waals surface area contributed by atoms with Crippen LogP contribution in [-0.4, -0.2) is 39.8 Å². The Morgan fingerprint density at radius 1 is 1.52 bits per heavy atom. The number of non-ortho nitro benzene ring substituents is 1. The number of likely N-dealkylation sites (tertiary alicyclic amines) is 1. The lowest BCUT2D eigenvalue weighted by atomic mass is 9.92. The lowest BCUT2D eigenvalue weighted by molar-refractivity contribution is -0.384. The van der Waals surface area contributed by atoms with Crippen LogP contribution in [0.5, 0.6) is 0 Å². The van der Waals surface area contributed by atoms with Gasteiger partial charge in [0.2, 0.25) is 0 Å². The predicted octanol–water partition coefficient (Wildman–Crippen LogP) is 2.92. The highest BCUT2D eigenvalue weighted by molar-refractivity contribution is 7.13. The van der Waals surface area contributed by atoms with E-state index in [0.29, 0.717) is 35.3 Å². The first-order chi connectivity index (χ1) is 12.0. The molecule has 1 aromatic heterocycles. The molecule has 1 fully saturated rings. The summed E-state index contributed by atoms with van der Waals surface area (Å²) < 4.78 is 0. The molecule has 8 heteroatoms. The highest BCUT2D eigenvalue weighted by atomic mass is 32.1. The first-order valence-corrected chi connectivity index (χ1v) is 9.09. The van der Waals surface area contributed by atoms with Crippen molar-refractivity contribution < 1.29 is 9.72 Å². The van der Waals surface area contributed by atoms with Crippen molar-refractivity contribution >= 4 is 22.9 Å². The van der Waals surface area contributed by atoms with Crippen molar-refractivity contribution in [1.82, 2.24) is 9.88 Å². The molecule has 2 heterocycles. The van der Waals surface area contributed by atoms with Gasteiger partial charge in [0.05, 0.1) is 4.92 Å². The zero-order valence-corrected chi connectivity index (χ0v) is 14.7. The van der Waals surface area contributed by atoms with Crippen LogP contribution in [-0.2, 0) is 0 Å². The molecule has 1 aliphatic rings. The van der Waals surface area contributed by atoms with Crippen LogP contribution in [0.1, 0.15) is 30.3 Å². The van der Waals surface area contributed by atoms with Crippen molar-refractivity contribution in [3.05, 3.63) is 45.5 Å². The zero-order valence-electron chi connectivity index (χ0n) is 13.9. The molecule has 3 rings (SSSR count). The SMILES string of the molecule is CC(N)C1CCCN(C(=O)c2csc(-c3cccc([N+](=O)[O-])c3)n2)C1. The second-order valence-corrected chi connectivity index (χ2v) is 7.22. The Morgan fingerprint density at radius 3 is 3.04 bits per heavy atom. The van der Waals surface area contributed by atoms with Gasteiger partial charge in [0.15, 0.2) is 0 Å². The number of thiazole rings is 1. The van der Waals surface area contributed by atoms with Crippen LogP contribution in [0.3, 0.4) is 0 Å². The summed E-state index contributed by atoms with van der Waals surface area (Å²) in [6.45, 7) is 3.34. The van der Waals surface area contributed by atoms with E-state index in [9.17, 15) is 14.9 Å². The van der Waals surface area contributed by atoms with Crippen LogP contribution in [0.25, 0.3) is 10.6 Å². The highest BCUT2D eigenvalue weighted by Gasteiger charge is 2.27. The van der Waals surface area contributed by atoms with Crippen molar-refractivity contribution in [1.29, 1.82) is 0 Å². The van der Waals surface area contributed by atoms with Crippen molar-refractivity contribution in [2.75, 3.05) is 13.1 Å². The minimum Gasteiger partial charge on any atom is -0.337 e. The monoisotopic (exact) mass is 360 g/mol. The lowest BCUT2D eigenvalue weighted by Crippen LogP contribution is -2.45. The summed E-state index contributed by atoms with van der Waals surface area (Å²) in [6, 6.07) is 6.35. The van der Waals surface area contributed by atoms with Crippen LogP contribution >= 0.6 is 11.3 Å². The van der Waals surface area contributed by atoms with Crippen molar-refractivity contribution in [2.24, 2.45) is 11.7 Å². The van der Waals surface area contributed by atoms with Crippen LogP contribution < -0.4 is 5.73 Å². The minimum absolute atomic E-state index is 0.0105. The summed E-state index contributed by atoms with van der Waals surface area (Å²) in [5.41, 5.74) is 7.02. The third-order valence-electron chi connectivity index (χ3n) is 4.52. The van der Waals surface area contributed by atoms with E-state index in [2.05, 4.69) is 4.98 Å². The number of rotatable bonds is 4. The van der Waals surface area contributed by atoms with Crippen LogP contribution in [0, 0.1) is 16.0 Å². The molecule has 1 aliphatic heterocycles. The largest absolute Gasteiger partial charge is 0.337 e. The van der Waals surface area contributed by atoms with E-state index < -0.39 is 4.92 Å². The molecule has 0 radical (unpaired) electrons. The van der Waals surface area contributed by atoms with E-state index in [1.54, 1.807) is 17.5 Å². The third-order valence-corrected chi connectivity index (χ3v) is 5.41. The zero-order chi connectivity index (χ0) is 18.0. The van der Waals surface area contributed by atoms with Gasteiger partial charge in [-0.05, 0) is 25.7 Å². The van der Waals surface area contributed by atoms with Gasteiger partial charge in [-0.1, -0.05) is 12.1 Å². The summed E-state index contributed by atoms with van der Waals surface area (Å²) in [5, 5.41) is 13.2. The first-order valence-electron chi connectivity index (χ1n) is 8.21. The van der Waals surface area contributed by atoms with Gasteiger partial charge in [-0.2, -0.15) is 0 Å². The fraction of sp³-hybridized carbons (Fsp3) is 0.412. The number of hydrogen-bond donors (Lipinski definition) is 1. The number of amides is 1. The maximum absolute atomic E-state index is 12.7. The van der Waals surface area contributed by atoms with Gasteiger partial charge in [-0.25, -0.2) is 4.98 Å². The van der Waals surface area contributed by atoms with Crippen LogP contribution in [0.2, 0.25) is 0 Å². The molecular formula is C17H20N4O3S. The predicted molar refractivity (Wildman–Crippen MR) is 96.5 cm³/mol. The molecule has 132 valence electrons. The summed E-state index contributed by atoms with van der Waals surface area (Å²) in [5.74, 6) is 0.214. The standard InChI is InChI=1S/C17H20N4O3S/c1-11(18)13-5-3-7-20(9-13)17(22)15-10-25-16(19-15)12-4-2-6-14(8-12)21(23)24/h2,4,6,8,10-11,13H,3,5,7,9,18H2,1H3. The Hall–Kier alpha value is -2.32. The van der Waals surface area contributed by atoms with Gasteiger partial charge in [-0.3, -0.25) is 14.9 Å². The van der Waals surface area contributed by atoms with E-state index in [4.69, 9.17) is 5.73 Å². The normalized spacial score (nSPS) is 18.8. The fourth-order valence-corrected chi connectivity index (χ4v) is 3.83. The molecule has 2 unspecified atom stereocenters. The minimum atomic E-state index is -0.439. The van der Waals surface area contributed by atoms with Crippen molar-refractivity contribution in [3.63, 3.8) is 0 Å². The Kier molecular flexibility index (Phi) is 5.10. The summed E-state index contributed by atoms with van der Waals surface area (Å²) >= 11 is 1.32. The topological polar surface area (TPSA) is 102 Å². The highest BCUT2D eigenvalue weighted by Crippen LogP contribution is 2.28. The number of aromatic nitrogens is 1.